The molecule has 0 spiro atoms. The van der Waals surface area contributed by atoms with E-state index in [4.69, 9.17) is 0 Å². The van der Waals surface area contributed by atoms with Crippen LogP contribution in [0.15, 0.2) is 6.33 Å². The molecule has 0 saturated carbocycles. The Hall–Kier alpha value is -1.43. The number of aromatic amines is 1. The predicted octanol–water partition coefficient (Wildman–Crippen LogP) is 0.361. The molecule has 0 bridgehead atoms. The summed E-state index contributed by atoms with van der Waals surface area (Å²) in [7, 11) is 0. The van der Waals surface area contributed by atoms with Crippen LogP contribution in [0, 0.1) is 0 Å². The standard InChI is InChI=1S/C11H19N5O/c1-11(2,3)16-6-4-15(5-7-16)10(17)9-12-8-13-14-9/h8H,4-7H2,1-3H3,(H,12,13,14). The van der Waals surface area contributed by atoms with Crippen molar-refractivity contribution >= 4 is 5.91 Å². The van der Waals surface area contributed by atoms with Crippen molar-refractivity contribution in [3.63, 3.8) is 0 Å². The molecule has 2 heterocycles. The SMILES string of the molecule is CC(C)(C)N1CCN(C(=O)c2ncn[nH]2)CC1. The molecular formula is C11H19N5O. The summed E-state index contributed by atoms with van der Waals surface area (Å²) in [5.74, 6) is 0.269. The number of aromatic nitrogens is 3. The van der Waals surface area contributed by atoms with Crippen molar-refractivity contribution in [1.82, 2.24) is 25.0 Å². The lowest BCUT2D eigenvalue weighted by molar-refractivity contribution is 0.0442. The molecule has 1 aliphatic heterocycles. The minimum absolute atomic E-state index is 0.0592. The van der Waals surface area contributed by atoms with Crippen LogP contribution in [0.3, 0.4) is 0 Å². The van der Waals surface area contributed by atoms with Crippen LogP contribution in [0.2, 0.25) is 0 Å². The van der Waals surface area contributed by atoms with Gasteiger partial charge in [-0.1, -0.05) is 0 Å². The largest absolute Gasteiger partial charge is 0.333 e. The molecule has 1 aromatic rings. The number of hydrogen-bond acceptors (Lipinski definition) is 4. The van der Waals surface area contributed by atoms with E-state index in [1.807, 2.05) is 4.90 Å². The molecule has 1 amide bonds. The average molecular weight is 237 g/mol. The van der Waals surface area contributed by atoms with Crippen LogP contribution in [0.4, 0.5) is 0 Å². The molecule has 1 aromatic heterocycles. The molecule has 17 heavy (non-hydrogen) atoms. The summed E-state index contributed by atoms with van der Waals surface area (Å²) in [4.78, 5) is 20.1. The molecule has 0 unspecified atom stereocenters. The van der Waals surface area contributed by atoms with Gasteiger partial charge in [0.15, 0.2) is 0 Å². The highest BCUT2D eigenvalue weighted by Gasteiger charge is 2.28. The van der Waals surface area contributed by atoms with Gasteiger partial charge in [-0.05, 0) is 20.8 Å². The number of nitrogens with one attached hydrogen (secondary N) is 1. The van der Waals surface area contributed by atoms with Gasteiger partial charge in [-0.25, -0.2) is 4.98 Å². The highest BCUT2D eigenvalue weighted by molar-refractivity contribution is 5.90. The maximum atomic E-state index is 12.0. The Kier molecular flexibility index (Phi) is 3.15. The number of rotatable bonds is 1. The van der Waals surface area contributed by atoms with Gasteiger partial charge in [0.05, 0.1) is 0 Å². The lowest BCUT2D eigenvalue weighted by Gasteiger charge is -2.42. The third kappa shape index (κ3) is 2.63. The van der Waals surface area contributed by atoms with E-state index in [-0.39, 0.29) is 11.4 Å². The molecule has 1 fully saturated rings. The summed E-state index contributed by atoms with van der Waals surface area (Å²) in [5.41, 5.74) is 0.168. The van der Waals surface area contributed by atoms with Gasteiger partial charge in [0.25, 0.3) is 5.91 Å². The molecule has 1 saturated heterocycles. The predicted molar refractivity (Wildman–Crippen MR) is 63.6 cm³/mol. The average Bonchev–Trinajstić information content (AvgIpc) is 2.80. The monoisotopic (exact) mass is 237 g/mol. The fraction of sp³-hybridized carbons (Fsp3) is 0.727. The normalized spacial score (nSPS) is 18.4. The van der Waals surface area contributed by atoms with E-state index in [2.05, 4.69) is 40.9 Å². The summed E-state index contributed by atoms with van der Waals surface area (Å²) in [5, 5.41) is 6.31. The molecule has 1 aliphatic rings. The van der Waals surface area contributed by atoms with Crippen LogP contribution in [-0.4, -0.2) is 62.6 Å². The number of nitrogens with zero attached hydrogens (tertiary/aromatic N) is 4. The van der Waals surface area contributed by atoms with Crippen molar-refractivity contribution in [2.24, 2.45) is 0 Å². The van der Waals surface area contributed by atoms with Crippen LogP contribution < -0.4 is 0 Å². The van der Waals surface area contributed by atoms with Crippen LogP contribution >= 0.6 is 0 Å². The second-order valence-electron chi connectivity index (χ2n) is 5.28. The Morgan fingerprint density at radius 1 is 1.29 bits per heavy atom. The van der Waals surface area contributed by atoms with Crippen molar-refractivity contribution in [1.29, 1.82) is 0 Å². The minimum Gasteiger partial charge on any atom is -0.333 e. The molecule has 0 aliphatic carbocycles. The third-order valence-electron chi connectivity index (χ3n) is 3.13. The minimum atomic E-state index is -0.0592. The zero-order valence-electron chi connectivity index (χ0n) is 10.6. The third-order valence-corrected chi connectivity index (χ3v) is 3.13. The van der Waals surface area contributed by atoms with Gasteiger partial charge in [0.2, 0.25) is 5.82 Å². The Morgan fingerprint density at radius 3 is 2.41 bits per heavy atom. The number of carbonyl (C=O) groups excluding carboxylic acids is 1. The van der Waals surface area contributed by atoms with Gasteiger partial charge in [-0.3, -0.25) is 14.8 Å². The zero-order valence-corrected chi connectivity index (χ0v) is 10.6. The maximum absolute atomic E-state index is 12.0. The van der Waals surface area contributed by atoms with Gasteiger partial charge >= 0.3 is 0 Å². The molecule has 1 N–H and O–H groups in total. The van der Waals surface area contributed by atoms with Gasteiger partial charge in [-0.2, -0.15) is 5.10 Å². The fourth-order valence-corrected chi connectivity index (χ4v) is 2.04. The van der Waals surface area contributed by atoms with Gasteiger partial charge in [-0.15, -0.1) is 0 Å². The van der Waals surface area contributed by atoms with E-state index in [9.17, 15) is 4.79 Å². The zero-order chi connectivity index (χ0) is 12.5. The Bertz CT molecular complexity index is 373. The topological polar surface area (TPSA) is 65.1 Å². The molecule has 0 radical (unpaired) electrons. The Labute approximate surface area is 101 Å². The molecule has 6 heteroatoms. The summed E-state index contributed by atoms with van der Waals surface area (Å²) in [6.07, 6.45) is 1.36. The Morgan fingerprint density at radius 2 is 1.94 bits per heavy atom. The smallest absolute Gasteiger partial charge is 0.291 e. The Balaban J connectivity index is 1.94. The van der Waals surface area contributed by atoms with Crippen LogP contribution in [0.5, 0.6) is 0 Å². The van der Waals surface area contributed by atoms with Gasteiger partial charge in [0.1, 0.15) is 6.33 Å². The number of amides is 1. The summed E-state index contributed by atoms with van der Waals surface area (Å²) in [6.45, 7) is 9.89. The summed E-state index contributed by atoms with van der Waals surface area (Å²) >= 11 is 0. The highest BCUT2D eigenvalue weighted by atomic mass is 16.2. The quantitative estimate of drug-likeness (QED) is 0.766. The molecule has 6 nitrogen and oxygen atoms in total. The highest BCUT2D eigenvalue weighted by Crippen LogP contribution is 2.16. The fourth-order valence-electron chi connectivity index (χ4n) is 2.04. The van der Waals surface area contributed by atoms with Crippen molar-refractivity contribution in [3.05, 3.63) is 12.2 Å². The molecular weight excluding hydrogens is 218 g/mol. The number of H-pyrrole nitrogens is 1. The number of piperazine rings is 1. The van der Waals surface area contributed by atoms with Gasteiger partial charge in [0, 0.05) is 31.7 Å². The lowest BCUT2D eigenvalue weighted by Crippen LogP contribution is -2.54. The van der Waals surface area contributed by atoms with Crippen LogP contribution in [0.25, 0.3) is 0 Å². The number of hydrogen-bond donors (Lipinski definition) is 1. The van der Waals surface area contributed by atoms with E-state index in [0.717, 1.165) is 26.2 Å². The van der Waals surface area contributed by atoms with Crippen molar-refractivity contribution < 1.29 is 4.79 Å². The summed E-state index contributed by atoms with van der Waals surface area (Å²) < 4.78 is 0. The van der Waals surface area contributed by atoms with Crippen LogP contribution in [0.1, 0.15) is 31.4 Å². The van der Waals surface area contributed by atoms with E-state index in [0.29, 0.717) is 5.82 Å². The molecule has 2 rings (SSSR count). The molecule has 0 aromatic carbocycles. The van der Waals surface area contributed by atoms with Crippen molar-refractivity contribution in [3.8, 4) is 0 Å². The van der Waals surface area contributed by atoms with Crippen molar-refractivity contribution in [2.75, 3.05) is 26.2 Å². The second kappa shape index (κ2) is 4.44. The first-order chi connectivity index (χ1) is 7.98. The maximum Gasteiger partial charge on any atom is 0.291 e. The van der Waals surface area contributed by atoms with E-state index in [1.54, 1.807) is 0 Å². The van der Waals surface area contributed by atoms with Gasteiger partial charge < -0.3 is 4.90 Å². The summed E-state index contributed by atoms with van der Waals surface area (Å²) in [6, 6.07) is 0. The molecule has 0 atom stereocenters. The van der Waals surface area contributed by atoms with E-state index >= 15 is 0 Å². The van der Waals surface area contributed by atoms with Crippen LogP contribution in [-0.2, 0) is 0 Å². The first-order valence-corrected chi connectivity index (χ1v) is 5.88. The van der Waals surface area contributed by atoms with E-state index in [1.165, 1.54) is 6.33 Å². The second-order valence-corrected chi connectivity index (χ2v) is 5.28. The lowest BCUT2D eigenvalue weighted by atomic mass is 10.0. The van der Waals surface area contributed by atoms with Crippen molar-refractivity contribution in [2.45, 2.75) is 26.3 Å². The number of carbonyl (C=O) groups is 1. The first kappa shape index (κ1) is 12.0. The van der Waals surface area contributed by atoms with E-state index < -0.39 is 0 Å². The first-order valence-electron chi connectivity index (χ1n) is 5.88. The molecule has 94 valence electrons.